The number of carbonyl (C=O) groups is 1. The number of aliphatic imine (C=N–C) groups is 1. The highest BCUT2D eigenvalue weighted by Gasteiger charge is 2.47. The molecule has 1 aliphatic rings. The number of hydrogen-bond acceptors (Lipinski definition) is 2. The molecule has 0 unspecified atom stereocenters. The molecule has 1 heterocycles. The Bertz CT molecular complexity index is 849. The predicted molar refractivity (Wildman–Crippen MR) is 111 cm³/mol. The molecule has 1 aliphatic heterocycles. The van der Waals surface area contributed by atoms with Crippen LogP contribution in [0.15, 0.2) is 51.9 Å². The van der Waals surface area contributed by atoms with Gasteiger partial charge in [-0.2, -0.15) is 0 Å². The van der Waals surface area contributed by atoms with E-state index in [1.165, 1.54) is 0 Å². The van der Waals surface area contributed by atoms with Crippen LogP contribution < -0.4 is 10.2 Å². The van der Waals surface area contributed by atoms with Crippen molar-refractivity contribution in [1.29, 1.82) is 0 Å². The van der Waals surface area contributed by atoms with Gasteiger partial charge in [-0.3, -0.25) is 9.79 Å². The van der Waals surface area contributed by atoms with Crippen molar-refractivity contribution in [2.45, 2.75) is 25.8 Å². The van der Waals surface area contributed by atoms with Gasteiger partial charge >= 0.3 is 0 Å². The monoisotopic (exact) mass is 453 g/mol. The Labute approximate surface area is 171 Å². The van der Waals surface area contributed by atoms with Gasteiger partial charge in [0.05, 0.1) is 5.69 Å². The van der Waals surface area contributed by atoms with E-state index in [-0.39, 0.29) is 5.91 Å². The van der Waals surface area contributed by atoms with Crippen molar-refractivity contribution in [2.75, 3.05) is 11.4 Å². The van der Waals surface area contributed by atoms with Gasteiger partial charge in [0.15, 0.2) is 0 Å². The highest BCUT2D eigenvalue weighted by Crippen LogP contribution is 2.31. The Morgan fingerprint density at radius 2 is 1.77 bits per heavy atom. The molecule has 0 saturated carbocycles. The molecule has 0 bridgehead atoms. The Morgan fingerprint density at radius 3 is 2.35 bits per heavy atom. The van der Waals surface area contributed by atoms with Crippen molar-refractivity contribution < 1.29 is 4.79 Å². The lowest BCUT2D eigenvalue weighted by atomic mass is 9.93. The third-order valence-corrected chi connectivity index (χ3v) is 5.12. The fourth-order valence-electron chi connectivity index (χ4n) is 3.00. The van der Waals surface area contributed by atoms with Gasteiger partial charge in [-0.05, 0) is 49.7 Å². The third kappa shape index (κ3) is 3.90. The Kier molecular flexibility index (Phi) is 5.61. The quantitative estimate of drug-likeness (QED) is 0.700. The van der Waals surface area contributed by atoms with Crippen LogP contribution in [0.2, 0.25) is 10.0 Å². The van der Waals surface area contributed by atoms with E-state index in [4.69, 9.17) is 23.2 Å². The standard InChI is InChI=1S/C19H18BrCl2N3O/c1-3-23-18-24-19(2,11-12-4-6-13(20)7-5-12)17(26)25(18)16-9-14(21)8-15(22)10-16/h4-10H,3,11H2,1-2H3,(H,23,24)/t19-/m1/s1. The second kappa shape index (κ2) is 7.59. The topological polar surface area (TPSA) is 44.7 Å². The molecule has 136 valence electrons. The fraction of sp³-hybridized carbons (Fsp3) is 0.263. The van der Waals surface area contributed by atoms with Gasteiger partial charge in [0.1, 0.15) is 5.54 Å². The first-order chi connectivity index (χ1) is 12.3. The number of guanidine groups is 1. The molecule has 2 aromatic rings. The van der Waals surface area contributed by atoms with Crippen molar-refractivity contribution >= 4 is 56.7 Å². The van der Waals surface area contributed by atoms with Gasteiger partial charge in [0, 0.05) is 27.5 Å². The van der Waals surface area contributed by atoms with E-state index in [0.29, 0.717) is 34.7 Å². The van der Waals surface area contributed by atoms with Gasteiger partial charge < -0.3 is 5.32 Å². The van der Waals surface area contributed by atoms with E-state index < -0.39 is 5.54 Å². The van der Waals surface area contributed by atoms with E-state index in [2.05, 4.69) is 26.2 Å². The number of nitrogens with one attached hydrogen (secondary N) is 1. The van der Waals surface area contributed by atoms with E-state index >= 15 is 0 Å². The Hall–Kier alpha value is -1.56. The number of anilines is 1. The van der Waals surface area contributed by atoms with Gasteiger partial charge in [-0.1, -0.05) is 51.3 Å². The summed E-state index contributed by atoms with van der Waals surface area (Å²) in [4.78, 5) is 19.3. The molecule has 0 spiro atoms. The average molecular weight is 455 g/mol. The average Bonchev–Trinajstić information content (AvgIpc) is 2.80. The normalized spacial score (nSPS) is 21.3. The van der Waals surface area contributed by atoms with Crippen LogP contribution in [0.4, 0.5) is 5.69 Å². The van der Waals surface area contributed by atoms with Crippen LogP contribution >= 0.6 is 39.1 Å². The summed E-state index contributed by atoms with van der Waals surface area (Å²) in [5, 5.41) is 4.24. The zero-order valence-electron chi connectivity index (χ0n) is 14.4. The molecule has 3 rings (SSSR count). The number of benzene rings is 2. The van der Waals surface area contributed by atoms with Crippen molar-refractivity contribution in [1.82, 2.24) is 5.32 Å². The first-order valence-electron chi connectivity index (χ1n) is 8.20. The summed E-state index contributed by atoms with van der Waals surface area (Å²) in [7, 11) is 0. The largest absolute Gasteiger partial charge is 0.341 e. The molecule has 1 amide bonds. The van der Waals surface area contributed by atoms with Crippen LogP contribution in [0.5, 0.6) is 0 Å². The lowest BCUT2D eigenvalue weighted by Crippen LogP contribution is -2.46. The van der Waals surface area contributed by atoms with Crippen molar-refractivity contribution in [3.63, 3.8) is 0 Å². The molecule has 1 fully saturated rings. The zero-order chi connectivity index (χ0) is 18.9. The molecule has 0 aliphatic carbocycles. The van der Waals surface area contributed by atoms with Crippen molar-refractivity contribution in [3.05, 3.63) is 62.5 Å². The van der Waals surface area contributed by atoms with Gasteiger partial charge in [-0.15, -0.1) is 0 Å². The smallest absolute Gasteiger partial charge is 0.259 e. The van der Waals surface area contributed by atoms with Crippen molar-refractivity contribution in [2.24, 2.45) is 4.99 Å². The zero-order valence-corrected chi connectivity index (χ0v) is 17.5. The van der Waals surface area contributed by atoms with Gasteiger partial charge in [-0.25, -0.2) is 4.90 Å². The van der Waals surface area contributed by atoms with E-state index in [9.17, 15) is 4.79 Å². The second-order valence-corrected chi connectivity index (χ2v) is 8.12. The van der Waals surface area contributed by atoms with Crippen LogP contribution in [-0.4, -0.2) is 24.0 Å². The first kappa shape index (κ1) is 19.2. The number of nitrogens with zero attached hydrogens (tertiary/aromatic N) is 2. The van der Waals surface area contributed by atoms with Crippen LogP contribution in [0, 0.1) is 0 Å². The van der Waals surface area contributed by atoms with Gasteiger partial charge in [0.2, 0.25) is 5.96 Å². The van der Waals surface area contributed by atoms with E-state index in [1.54, 1.807) is 23.1 Å². The van der Waals surface area contributed by atoms with Crippen molar-refractivity contribution in [3.8, 4) is 0 Å². The molecule has 2 aromatic carbocycles. The summed E-state index contributed by atoms with van der Waals surface area (Å²) in [5.41, 5.74) is 0.849. The SMILES string of the molecule is CCN=C1N[C@](C)(Cc2ccc(Br)cc2)C(=O)N1c1cc(Cl)cc(Cl)c1. The number of amides is 1. The first-order valence-corrected chi connectivity index (χ1v) is 9.75. The number of hydrogen-bond donors (Lipinski definition) is 1. The maximum Gasteiger partial charge on any atom is 0.259 e. The molecule has 0 aromatic heterocycles. The highest BCUT2D eigenvalue weighted by molar-refractivity contribution is 9.10. The van der Waals surface area contributed by atoms with E-state index in [0.717, 1.165) is 10.0 Å². The summed E-state index contributed by atoms with van der Waals surface area (Å²) in [5.74, 6) is 0.418. The molecule has 1 saturated heterocycles. The Morgan fingerprint density at radius 1 is 1.15 bits per heavy atom. The summed E-state index contributed by atoms with van der Waals surface area (Å²) in [6.45, 7) is 4.36. The number of carbonyl (C=O) groups excluding carboxylic acids is 1. The second-order valence-electron chi connectivity index (χ2n) is 6.33. The van der Waals surface area contributed by atoms with Crippen LogP contribution in [0.1, 0.15) is 19.4 Å². The molecular formula is C19H18BrCl2N3O. The lowest BCUT2D eigenvalue weighted by Gasteiger charge is -2.22. The maximum atomic E-state index is 13.3. The minimum atomic E-state index is -0.809. The molecule has 0 radical (unpaired) electrons. The molecule has 1 atom stereocenters. The van der Waals surface area contributed by atoms with Crippen LogP contribution in [0.3, 0.4) is 0 Å². The lowest BCUT2D eigenvalue weighted by molar-refractivity contribution is -0.121. The summed E-state index contributed by atoms with van der Waals surface area (Å²) < 4.78 is 1.00. The molecule has 7 heteroatoms. The molecule has 4 nitrogen and oxygen atoms in total. The predicted octanol–water partition coefficient (Wildman–Crippen LogP) is 5.07. The number of halogens is 3. The van der Waals surface area contributed by atoms with E-state index in [1.807, 2.05) is 38.1 Å². The van der Waals surface area contributed by atoms with Crippen LogP contribution in [-0.2, 0) is 11.2 Å². The fourth-order valence-corrected chi connectivity index (χ4v) is 3.78. The maximum absolute atomic E-state index is 13.3. The minimum absolute atomic E-state index is 0.0917. The van der Waals surface area contributed by atoms with Gasteiger partial charge in [0.25, 0.3) is 5.91 Å². The minimum Gasteiger partial charge on any atom is -0.341 e. The summed E-state index contributed by atoms with van der Waals surface area (Å²) in [6, 6.07) is 13.0. The number of rotatable bonds is 4. The summed E-state index contributed by atoms with van der Waals surface area (Å²) >= 11 is 15.7. The Balaban J connectivity index is 1.98. The third-order valence-electron chi connectivity index (χ3n) is 4.16. The summed E-state index contributed by atoms with van der Waals surface area (Å²) in [6.07, 6.45) is 0.534. The highest BCUT2D eigenvalue weighted by atomic mass is 79.9. The molecular weight excluding hydrogens is 437 g/mol. The molecule has 26 heavy (non-hydrogen) atoms. The molecule has 1 N–H and O–H groups in total. The van der Waals surface area contributed by atoms with Crippen LogP contribution in [0.25, 0.3) is 0 Å².